The number of nitrogens with zero attached hydrogens (tertiary/aromatic N) is 5. The zero-order valence-electron chi connectivity index (χ0n) is 25.7. The Balaban J connectivity index is 1.53. The van der Waals surface area contributed by atoms with Crippen molar-refractivity contribution in [1.29, 1.82) is 0 Å². The van der Waals surface area contributed by atoms with E-state index in [0.717, 1.165) is 44.1 Å². The first kappa shape index (κ1) is 27.5. The van der Waals surface area contributed by atoms with E-state index >= 15 is 0 Å². The Bertz CT molecular complexity index is 2370. The van der Waals surface area contributed by atoms with E-state index in [0.29, 0.717) is 17.6 Å². The second-order valence-electron chi connectivity index (χ2n) is 11.5. The summed E-state index contributed by atoms with van der Waals surface area (Å²) in [5.41, 5.74) is 8.48. The Morgan fingerprint density at radius 2 is 1.02 bits per heavy atom. The van der Waals surface area contributed by atoms with Gasteiger partial charge in [0, 0.05) is 39.2 Å². The molecule has 46 heavy (non-hydrogen) atoms. The lowest BCUT2D eigenvalue weighted by molar-refractivity contribution is 0.953. The summed E-state index contributed by atoms with van der Waals surface area (Å²) in [6.45, 7) is 4.33. The zero-order chi connectivity index (χ0) is 31.0. The minimum atomic E-state index is 0.571. The molecular weight excluding hydrogens is 562 g/mol. The molecule has 220 valence electrons. The first-order chi connectivity index (χ1) is 22.6. The van der Waals surface area contributed by atoms with Gasteiger partial charge in [0.1, 0.15) is 0 Å². The van der Waals surface area contributed by atoms with Crippen molar-refractivity contribution in [2.45, 2.75) is 13.8 Å². The van der Waals surface area contributed by atoms with E-state index in [1.807, 2.05) is 66.7 Å². The Hall–Kier alpha value is -6.07. The van der Waals surface area contributed by atoms with Crippen molar-refractivity contribution in [2.75, 3.05) is 0 Å². The lowest BCUT2D eigenvalue weighted by Gasteiger charge is -2.11. The standard InChI is InChI=1S/C41H31N5/c1-28-22-23-37-34(26-28)35-27-29(2)33-20-12-13-21-36(33)45(32-18-10-5-11-19-32)25-24-38(35)46(37)41-43-39(30-14-6-3-7-15-30)42-40(44-41)31-16-8-4-9-17-31/h3-27H,1-2H3. The Labute approximate surface area is 267 Å². The Morgan fingerprint density at radius 1 is 0.457 bits per heavy atom. The van der Waals surface area contributed by atoms with Crippen LogP contribution in [0.4, 0.5) is 0 Å². The van der Waals surface area contributed by atoms with E-state index in [-0.39, 0.29) is 0 Å². The highest BCUT2D eigenvalue weighted by Gasteiger charge is 2.18. The maximum Gasteiger partial charge on any atom is 0.238 e. The molecule has 0 atom stereocenters. The monoisotopic (exact) mass is 593 g/mol. The number of rotatable bonds is 4. The van der Waals surface area contributed by atoms with E-state index in [2.05, 4.69) is 108 Å². The summed E-state index contributed by atoms with van der Waals surface area (Å²) in [5, 5.41) is 3.45. The van der Waals surface area contributed by atoms with Gasteiger partial charge in [0.05, 0.1) is 16.6 Å². The van der Waals surface area contributed by atoms with E-state index in [9.17, 15) is 0 Å². The highest BCUT2D eigenvalue weighted by Crippen LogP contribution is 2.34. The normalized spacial score (nSPS) is 11.3. The van der Waals surface area contributed by atoms with Crippen LogP contribution in [0.25, 0.3) is 67.1 Å². The molecule has 5 nitrogen and oxygen atoms in total. The predicted octanol–water partition coefficient (Wildman–Crippen LogP) is 9.99. The molecule has 0 bridgehead atoms. The maximum absolute atomic E-state index is 5.14. The third kappa shape index (κ3) is 4.88. The summed E-state index contributed by atoms with van der Waals surface area (Å²) in [6, 6.07) is 50.4. The van der Waals surface area contributed by atoms with Gasteiger partial charge in [-0.1, -0.05) is 109 Å². The van der Waals surface area contributed by atoms with E-state index in [1.54, 1.807) is 0 Å². The minimum absolute atomic E-state index is 0.571. The molecule has 0 saturated carbocycles. The molecule has 0 aliphatic carbocycles. The summed E-state index contributed by atoms with van der Waals surface area (Å²) >= 11 is 0. The summed E-state index contributed by atoms with van der Waals surface area (Å²) in [4.78, 5) is 15.2. The quantitative estimate of drug-likeness (QED) is 0.204. The Kier molecular flexibility index (Phi) is 6.84. The van der Waals surface area contributed by atoms with Gasteiger partial charge in [-0.15, -0.1) is 0 Å². The van der Waals surface area contributed by atoms with Gasteiger partial charge >= 0.3 is 0 Å². The van der Waals surface area contributed by atoms with Crippen molar-refractivity contribution in [1.82, 2.24) is 24.1 Å². The molecule has 0 aliphatic rings. The summed E-state index contributed by atoms with van der Waals surface area (Å²) < 4.78 is 4.44. The second-order valence-corrected chi connectivity index (χ2v) is 11.5. The molecule has 3 heterocycles. The number of aryl methyl sites for hydroxylation is 2. The molecule has 3 aromatic heterocycles. The van der Waals surface area contributed by atoms with Gasteiger partial charge in [-0.2, -0.15) is 9.97 Å². The fourth-order valence-corrected chi connectivity index (χ4v) is 6.23. The van der Waals surface area contributed by atoms with Crippen LogP contribution in [-0.2, 0) is 0 Å². The van der Waals surface area contributed by atoms with Gasteiger partial charge in [0.25, 0.3) is 0 Å². The molecule has 0 saturated heterocycles. The molecule has 0 spiro atoms. The number of fused-ring (bicyclic) bond motifs is 4. The lowest BCUT2D eigenvalue weighted by atomic mass is 10.1. The molecule has 0 aliphatic heterocycles. The molecule has 0 N–H and O–H groups in total. The third-order valence-electron chi connectivity index (χ3n) is 8.45. The van der Waals surface area contributed by atoms with Crippen LogP contribution in [0.5, 0.6) is 0 Å². The number of benzene rings is 5. The second kappa shape index (κ2) is 11.5. The first-order valence-electron chi connectivity index (χ1n) is 15.5. The molecule has 0 radical (unpaired) electrons. The van der Waals surface area contributed by atoms with Crippen molar-refractivity contribution in [3.05, 3.63) is 163 Å². The van der Waals surface area contributed by atoms with Crippen molar-refractivity contribution in [2.24, 2.45) is 0 Å². The summed E-state index contributed by atoms with van der Waals surface area (Å²) in [7, 11) is 0. The largest absolute Gasteiger partial charge is 0.317 e. The van der Waals surface area contributed by atoms with Crippen molar-refractivity contribution in [3.8, 4) is 34.4 Å². The van der Waals surface area contributed by atoms with Crippen molar-refractivity contribution < 1.29 is 0 Å². The van der Waals surface area contributed by atoms with Crippen LogP contribution in [0.1, 0.15) is 11.1 Å². The molecule has 0 amide bonds. The smallest absolute Gasteiger partial charge is 0.238 e. The number of hydrogen-bond acceptors (Lipinski definition) is 3. The maximum atomic E-state index is 5.14. The SMILES string of the molecule is Cc1ccc2c(c1)c1cc(C)c3ccccc3n(-c3ccccc3)ccc1n2-c1nc(-c2ccccc2)nc(-c2ccccc2)n1. The topological polar surface area (TPSA) is 48.5 Å². The molecule has 5 aromatic carbocycles. The average molecular weight is 594 g/mol. The van der Waals surface area contributed by atoms with Crippen molar-refractivity contribution >= 4 is 32.7 Å². The van der Waals surface area contributed by atoms with E-state index in [1.165, 1.54) is 16.5 Å². The van der Waals surface area contributed by atoms with E-state index < -0.39 is 0 Å². The van der Waals surface area contributed by atoms with Gasteiger partial charge in [0.15, 0.2) is 11.6 Å². The van der Waals surface area contributed by atoms with Gasteiger partial charge in [-0.05, 0) is 61.9 Å². The fraction of sp³-hybridized carbons (Fsp3) is 0.0488. The summed E-state index contributed by atoms with van der Waals surface area (Å²) in [5.74, 6) is 1.83. The number of hydrogen-bond donors (Lipinski definition) is 0. The summed E-state index contributed by atoms with van der Waals surface area (Å²) in [6.07, 6.45) is 2.17. The van der Waals surface area contributed by atoms with Gasteiger partial charge in [0.2, 0.25) is 5.95 Å². The number of aromatic nitrogens is 5. The van der Waals surface area contributed by atoms with Crippen molar-refractivity contribution in [3.63, 3.8) is 0 Å². The van der Waals surface area contributed by atoms with Crippen LogP contribution in [0.2, 0.25) is 0 Å². The highest BCUT2D eigenvalue weighted by molar-refractivity contribution is 6.09. The van der Waals surface area contributed by atoms with Gasteiger partial charge in [-0.25, -0.2) is 4.98 Å². The molecule has 8 rings (SSSR count). The van der Waals surface area contributed by atoms with Crippen LogP contribution in [0, 0.1) is 13.8 Å². The Morgan fingerprint density at radius 3 is 1.70 bits per heavy atom. The third-order valence-corrected chi connectivity index (χ3v) is 8.45. The molecule has 0 unspecified atom stereocenters. The first-order valence-corrected chi connectivity index (χ1v) is 15.5. The fourth-order valence-electron chi connectivity index (χ4n) is 6.23. The molecule has 5 heteroatoms. The van der Waals surface area contributed by atoms with Crippen LogP contribution in [0.3, 0.4) is 0 Å². The molecule has 8 aromatic rings. The van der Waals surface area contributed by atoms with Crippen LogP contribution in [0.15, 0.2) is 152 Å². The van der Waals surface area contributed by atoms with Gasteiger partial charge in [-0.3, -0.25) is 4.57 Å². The lowest BCUT2D eigenvalue weighted by Crippen LogP contribution is -2.06. The predicted molar refractivity (Wildman–Crippen MR) is 189 cm³/mol. The highest BCUT2D eigenvalue weighted by atomic mass is 15.2. The molecule has 0 fully saturated rings. The zero-order valence-corrected chi connectivity index (χ0v) is 25.7. The van der Waals surface area contributed by atoms with Gasteiger partial charge < -0.3 is 4.57 Å². The minimum Gasteiger partial charge on any atom is -0.317 e. The number of para-hydroxylation sites is 2. The van der Waals surface area contributed by atoms with Crippen LogP contribution >= 0.6 is 0 Å². The van der Waals surface area contributed by atoms with Crippen LogP contribution in [-0.4, -0.2) is 24.1 Å². The average Bonchev–Trinajstić information content (AvgIpc) is 3.43. The van der Waals surface area contributed by atoms with Crippen LogP contribution < -0.4 is 0 Å². The van der Waals surface area contributed by atoms with E-state index in [4.69, 9.17) is 15.0 Å². The molecular formula is C41H31N5.